The Morgan fingerprint density at radius 2 is 2.12 bits per heavy atom. The maximum absolute atomic E-state index is 13.2. The van der Waals surface area contributed by atoms with Crippen LogP contribution in [0, 0.1) is 12.7 Å². The summed E-state index contributed by atoms with van der Waals surface area (Å²) in [7, 11) is 0. The minimum Gasteiger partial charge on any atom is -0.378 e. The number of nitrogens with zero attached hydrogens (tertiary/aromatic N) is 3. The van der Waals surface area contributed by atoms with Crippen LogP contribution in [0.5, 0.6) is 0 Å². The van der Waals surface area contributed by atoms with Crippen LogP contribution in [0.3, 0.4) is 0 Å². The zero-order valence-corrected chi connectivity index (χ0v) is 13.5. The average molecular weight is 330 g/mol. The Labute approximate surface area is 139 Å². The van der Waals surface area contributed by atoms with Crippen LogP contribution in [0.15, 0.2) is 30.6 Å². The lowest BCUT2D eigenvalue weighted by molar-refractivity contribution is 0.0945. The van der Waals surface area contributed by atoms with Gasteiger partial charge in [-0.3, -0.25) is 4.79 Å². The summed E-state index contributed by atoms with van der Waals surface area (Å²) in [6.07, 6.45) is 2.79. The summed E-state index contributed by atoms with van der Waals surface area (Å²) >= 11 is 0. The number of rotatable bonds is 4. The molecule has 0 atom stereocenters. The van der Waals surface area contributed by atoms with E-state index in [1.54, 1.807) is 13.1 Å². The molecular weight excluding hydrogens is 311 g/mol. The number of aryl methyl sites for hydroxylation is 1. The summed E-state index contributed by atoms with van der Waals surface area (Å²) in [4.78, 5) is 22.5. The number of halogens is 1. The summed E-state index contributed by atoms with van der Waals surface area (Å²) in [6.45, 7) is 4.96. The Kier molecular flexibility index (Phi) is 5.00. The number of morpholine rings is 1. The first kappa shape index (κ1) is 16.3. The van der Waals surface area contributed by atoms with Gasteiger partial charge in [0.25, 0.3) is 5.91 Å². The van der Waals surface area contributed by atoms with Crippen molar-refractivity contribution in [1.29, 1.82) is 0 Å². The van der Waals surface area contributed by atoms with Gasteiger partial charge in [0.1, 0.15) is 17.3 Å². The molecule has 0 aromatic carbocycles. The molecule has 1 fully saturated rings. The number of nitrogens with one attached hydrogen (secondary N) is 1. The van der Waals surface area contributed by atoms with Gasteiger partial charge in [0.15, 0.2) is 0 Å². The van der Waals surface area contributed by atoms with Crippen molar-refractivity contribution in [2.45, 2.75) is 13.5 Å². The normalized spacial score (nSPS) is 14.5. The van der Waals surface area contributed by atoms with E-state index in [1.165, 1.54) is 6.07 Å². The van der Waals surface area contributed by atoms with E-state index in [-0.39, 0.29) is 11.6 Å². The van der Waals surface area contributed by atoms with E-state index in [9.17, 15) is 9.18 Å². The zero-order valence-electron chi connectivity index (χ0n) is 13.5. The molecule has 0 aliphatic carbocycles. The van der Waals surface area contributed by atoms with E-state index < -0.39 is 5.82 Å². The van der Waals surface area contributed by atoms with Gasteiger partial charge in [-0.25, -0.2) is 14.4 Å². The molecule has 3 heterocycles. The van der Waals surface area contributed by atoms with E-state index in [4.69, 9.17) is 4.74 Å². The van der Waals surface area contributed by atoms with Crippen LogP contribution in [-0.4, -0.2) is 42.2 Å². The zero-order chi connectivity index (χ0) is 16.9. The quantitative estimate of drug-likeness (QED) is 0.924. The molecule has 1 aliphatic rings. The van der Waals surface area contributed by atoms with E-state index in [0.29, 0.717) is 25.3 Å². The molecular formula is C17H19FN4O2. The number of hydrogen-bond donors (Lipinski definition) is 1. The van der Waals surface area contributed by atoms with Crippen molar-refractivity contribution in [2.75, 3.05) is 31.2 Å². The van der Waals surface area contributed by atoms with Gasteiger partial charge in [0.2, 0.25) is 0 Å². The number of ether oxygens (including phenoxy) is 1. The minimum absolute atomic E-state index is 0.205. The molecule has 0 bridgehead atoms. The summed E-state index contributed by atoms with van der Waals surface area (Å²) in [5.74, 6) is 0.125. The SMILES string of the molecule is Cc1cc(C(=O)NCc2ccnc(N3CCOCC3)c2)ncc1F. The molecule has 1 N–H and O–H groups in total. The van der Waals surface area contributed by atoms with E-state index in [0.717, 1.165) is 30.7 Å². The largest absolute Gasteiger partial charge is 0.378 e. The third-order valence-electron chi connectivity index (χ3n) is 3.88. The lowest BCUT2D eigenvalue weighted by Crippen LogP contribution is -2.36. The molecule has 126 valence electrons. The van der Waals surface area contributed by atoms with E-state index >= 15 is 0 Å². The van der Waals surface area contributed by atoms with Crippen molar-refractivity contribution in [3.05, 3.63) is 53.2 Å². The second-order valence-corrected chi connectivity index (χ2v) is 5.62. The Morgan fingerprint density at radius 1 is 1.33 bits per heavy atom. The highest BCUT2D eigenvalue weighted by Crippen LogP contribution is 2.14. The fraction of sp³-hybridized carbons (Fsp3) is 0.353. The molecule has 1 saturated heterocycles. The lowest BCUT2D eigenvalue weighted by Gasteiger charge is -2.28. The van der Waals surface area contributed by atoms with Crippen LogP contribution in [0.1, 0.15) is 21.6 Å². The van der Waals surface area contributed by atoms with Crippen molar-refractivity contribution >= 4 is 11.7 Å². The predicted molar refractivity (Wildman–Crippen MR) is 87.4 cm³/mol. The van der Waals surface area contributed by atoms with Gasteiger partial charge in [-0.1, -0.05) is 0 Å². The van der Waals surface area contributed by atoms with Gasteiger partial charge in [-0.05, 0) is 36.2 Å². The molecule has 0 spiro atoms. The fourth-order valence-electron chi connectivity index (χ4n) is 2.47. The lowest BCUT2D eigenvalue weighted by atomic mass is 10.2. The highest BCUT2D eigenvalue weighted by atomic mass is 19.1. The summed E-state index contributed by atoms with van der Waals surface area (Å²) in [5, 5.41) is 2.80. The molecule has 24 heavy (non-hydrogen) atoms. The van der Waals surface area contributed by atoms with Crippen molar-refractivity contribution < 1.29 is 13.9 Å². The number of pyridine rings is 2. The standard InChI is InChI=1S/C17H19FN4O2/c1-12-8-15(20-11-14(12)18)17(23)21-10-13-2-3-19-16(9-13)22-4-6-24-7-5-22/h2-3,8-9,11H,4-7,10H2,1H3,(H,21,23). The monoisotopic (exact) mass is 330 g/mol. The van der Waals surface area contributed by atoms with Gasteiger partial charge in [-0.2, -0.15) is 0 Å². The molecule has 0 unspecified atom stereocenters. The van der Waals surface area contributed by atoms with Crippen molar-refractivity contribution in [1.82, 2.24) is 15.3 Å². The number of aromatic nitrogens is 2. The summed E-state index contributed by atoms with van der Waals surface area (Å²) < 4.78 is 18.6. The van der Waals surface area contributed by atoms with Crippen LogP contribution in [-0.2, 0) is 11.3 Å². The average Bonchev–Trinajstić information content (AvgIpc) is 2.63. The Hall–Kier alpha value is -2.54. The highest BCUT2D eigenvalue weighted by Gasteiger charge is 2.13. The molecule has 6 nitrogen and oxygen atoms in total. The second-order valence-electron chi connectivity index (χ2n) is 5.62. The number of hydrogen-bond acceptors (Lipinski definition) is 5. The first-order valence-corrected chi connectivity index (χ1v) is 7.81. The molecule has 0 radical (unpaired) electrons. The van der Waals surface area contributed by atoms with Gasteiger partial charge in [-0.15, -0.1) is 0 Å². The maximum atomic E-state index is 13.2. The fourth-order valence-corrected chi connectivity index (χ4v) is 2.47. The number of carbonyl (C=O) groups excluding carboxylic acids is 1. The Morgan fingerprint density at radius 3 is 2.88 bits per heavy atom. The van der Waals surface area contributed by atoms with Gasteiger partial charge in [0, 0.05) is 25.8 Å². The van der Waals surface area contributed by atoms with Crippen LogP contribution in [0.2, 0.25) is 0 Å². The molecule has 1 amide bonds. The second kappa shape index (κ2) is 7.35. The topological polar surface area (TPSA) is 67.4 Å². The van der Waals surface area contributed by atoms with Crippen molar-refractivity contribution in [3.8, 4) is 0 Å². The molecule has 3 rings (SSSR count). The number of carbonyl (C=O) groups is 1. The first-order valence-electron chi connectivity index (χ1n) is 7.81. The van der Waals surface area contributed by atoms with Gasteiger partial charge in [0.05, 0.1) is 19.4 Å². The molecule has 0 saturated carbocycles. The Bertz CT molecular complexity index is 732. The predicted octanol–water partition coefficient (Wildman–Crippen LogP) is 1.69. The van der Waals surface area contributed by atoms with Crippen molar-refractivity contribution in [3.63, 3.8) is 0 Å². The Balaban J connectivity index is 1.63. The van der Waals surface area contributed by atoms with E-state index in [1.807, 2.05) is 12.1 Å². The van der Waals surface area contributed by atoms with Crippen LogP contribution in [0.4, 0.5) is 10.2 Å². The third kappa shape index (κ3) is 3.86. The molecule has 1 aliphatic heterocycles. The minimum atomic E-state index is -0.421. The first-order chi connectivity index (χ1) is 11.6. The van der Waals surface area contributed by atoms with Gasteiger partial charge < -0.3 is 15.0 Å². The smallest absolute Gasteiger partial charge is 0.270 e. The molecule has 2 aromatic rings. The van der Waals surface area contributed by atoms with E-state index in [2.05, 4.69) is 20.2 Å². The van der Waals surface area contributed by atoms with Gasteiger partial charge >= 0.3 is 0 Å². The van der Waals surface area contributed by atoms with Crippen LogP contribution in [0.25, 0.3) is 0 Å². The van der Waals surface area contributed by atoms with Crippen molar-refractivity contribution in [2.24, 2.45) is 0 Å². The highest BCUT2D eigenvalue weighted by molar-refractivity contribution is 5.92. The number of anilines is 1. The summed E-state index contributed by atoms with van der Waals surface area (Å²) in [5.41, 5.74) is 1.55. The third-order valence-corrected chi connectivity index (χ3v) is 3.88. The number of amides is 1. The summed E-state index contributed by atoms with van der Waals surface area (Å²) in [6, 6.07) is 5.25. The van der Waals surface area contributed by atoms with Crippen LogP contribution < -0.4 is 10.2 Å². The maximum Gasteiger partial charge on any atom is 0.270 e. The molecule has 2 aromatic heterocycles. The molecule has 7 heteroatoms. The van der Waals surface area contributed by atoms with Crippen LogP contribution >= 0.6 is 0 Å².